The first-order chi connectivity index (χ1) is 9.15. The SMILES string of the molecule is Nc1cccc(OCC(=O)NC2CCCCC2O)c1. The Balaban J connectivity index is 1.78. The van der Waals surface area contributed by atoms with Gasteiger partial charge in [0.1, 0.15) is 5.75 Å². The van der Waals surface area contributed by atoms with Crippen LogP contribution in [0.4, 0.5) is 5.69 Å². The van der Waals surface area contributed by atoms with Gasteiger partial charge in [0.2, 0.25) is 0 Å². The number of anilines is 1. The predicted molar refractivity (Wildman–Crippen MR) is 72.8 cm³/mol. The van der Waals surface area contributed by atoms with Crippen molar-refractivity contribution in [3.8, 4) is 5.75 Å². The molecule has 1 aromatic carbocycles. The molecule has 1 aliphatic rings. The van der Waals surface area contributed by atoms with E-state index in [1.165, 1.54) is 0 Å². The first kappa shape index (κ1) is 13.7. The molecule has 19 heavy (non-hydrogen) atoms. The maximum atomic E-state index is 11.7. The molecular formula is C14H20N2O3. The molecule has 0 heterocycles. The molecule has 104 valence electrons. The smallest absolute Gasteiger partial charge is 0.258 e. The van der Waals surface area contributed by atoms with Gasteiger partial charge in [0, 0.05) is 11.8 Å². The first-order valence-corrected chi connectivity index (χ1v) is 6.61. The molecule has 5 heteroatoms. The first-order valence-electron chi connectivity index (χ1n) is 6.61. The number of aliphatic hydroxyl groups is 1. The second-order valence-corrected chi connectivity index (χ2v) is 4.89. The second kappa shape index (κ2) is 6.43. The van der Waals surface area contributed by atoms with Crippen molar-refractivity contribution in [1.29, 1.82) is 0 Å². The average molecular weight is 264 g/mol. The Morgan fingerprint density at radius 3 is 2.95 bits per heavy atom. The minimum Gasteiger partial charge on any atom is -0.484 e. The van der Waals surface area contributed by atoms with Crippen molar-refractivity contribution in [2.45, 2.75) is 37.8 Å². The van der Waals surface area contributed by atoms with Crippen LogP contribution in [0.15, 0.2) is 24.3 Å². The Kier molecular flexibility index (Phi) is 4.63. The number of nitrogen functional groups attached to an aromatic ring is 1. The van der Waals surface area contributed by atoms with E-state index < -0.39 is 6.10 Å². The zero-order chi connectivity index (χ0) is 13.7. The number of nitrogens with one attached hydrogen (secondary N) is 1. The van der Waals surface area contributed by atoms with Gasteiger partial charge >= 0.3 is 0 Å². The van der Waals surface area contributed by atoms with Crippen LogP contribution in [0.25, 0.3) is 0 Å². The second-order valence-electron chi connectivity index (χ2n) is 4.89. The number of hydrogen-bond acceptors (Lipinski definition) is 4. The molecule has 4 N–H and O–H groups in total. The van der Waals surface area contributed by atoms with Crippen molar-refractivity contribution in [3.63, 3.8) is 0 Å². The van der Waals surface area contributed by atoms with Gasteiger partial charge in [0.25, 0.3) is 5.91 Å². The number of hydrogen-bond donors (Lipinski definition) is 3. The Hall–Kier alpha value is -1.75. The van der Waals surface area contributed by atoms with E-state index >= 15 is 0 Å². The van der Waals surface area contributed by atoms with Gasteiger partial charge in [0.05, 0.1) is 12.1 Å². The predicted octanol–water partition coefficient (Wildman–Crippen LogP) is 1.07. The number of rotatable bonds is 4. The summed E-state index contributed by atoms with van der Waals surface area (Å²) in [5.74, 6) is 0.354. The Morgan fingerprint density at radius 2 is 2.21 bits per heavy atom. The molecule has 5 nitrogen and oxygen atoms in total. The van der Waals surface area contributed by atoms with E-state index in [1.807, 2.05) is 0 Å². The summed E-state index contributed by atoms with van der Waals surface area (Å²) >= 11 is 0. The Morgan fingerprint density at radius 1 is 1.42 bits per heavy atom. The molecule has 1 amide bonds. The van der Waals surface area contributed by atoms with Crippen LogP contribution < -0.4 is 15.8 Å². The van der Waals surface area contributed by atoms with Crippen LogP contribution in [-0.4, -0.2) is 29.8 Å². The van der Waals surface area contributed by atoms with Gasteiger partial charge in [-0.2, -0.15) is 0 Å². The molecule has 2 atom stereocenters. The van der Waals surface area contributed by atoms with Crippen LogP contribution in [-0.2, 0) is 4.79 Å². The minimum absolute atomic E-state index is 0.0628. The summed E-state index contributed by atoms with van der Waals surface area (Å²) in [5, 5.41) is 12.6. The van der Waals surface area contributed by atoms with Gasteiger partial charge in [-0.15, -0.1) is 0 Å². The van der Waals surface area contributed by atoms with Crippen LogP contribution in [0.1, 0.15) is 25.7 Å². The third-order valence-electron chi connectivity index (χ3n) is 3.30. The zero-order valence-corrected chi connectivity index (χ0v) is 10.8. The van der Waals surface area contributed by atoms with Crippen LogP contribution >= 0.6 is 0 Å². The molecule has 0 aliphatic heterocycles. The number of ether oxygens (including phenoxy) is 1. The summed E-state index contributed by atoms with van der Waals surface area (Å²) < 4.78 is 5.35. The lowest BCUT2D eigenvalue weighted by atomic mass is 9.92. The number of amides is 1. The van der Waals surface area contributed by atoms with Crippen molar-refractivity contribution >= 4 is 11.6 Å². The molecule has 0 spiro atoms. The Labute approximate surface area is 112 Å². The molecule has 1 aromatic rings. The summed E-state index contributed by atoms with van der Waals surface area (Å²) in [6.45, 7) is -0.0628. The third-order valence-corrected chi connectivity index (χ3v) is 3.30. The molecule has 0 aromatic heterocycles. The van der Waals surface area contributed by atoms with Crippen LogP contribution in [0.5, 0.6) is 5.75 Å². The fourth-order valence-corrected chi connectivity index (χ4v) is 2.28. The lowest BCUT2D eigenvalue weighted by Crippen LogP contribution is -2.46. The third kappa shape index (κ3) is 4.13. The summed E-state index contributed by atoms with van der Waals surface area (Å²) in [4.78, 5) is 11.7. The average Bonchev–Trinajstić information content (AvgIpc) is 2.39. The van der Waals surface area contributed by atoms with Crippen LogP contribution in [0, 0.1) is 0 Å². The van der Waals surface area contributed by atoms with Crippen LogP contribution in [0.2, 0.25) is 0 Å². The van der Waals surface area contributed by atoms with E-state index in [1.54, 1.807) is 24.3 Å². The van der Waals surface area contributed by atoms with Gasteiger partial charge < -0.3 is 20.9 Å². The highest BCUT2D eigenvalue weighted by atomic mass is 16.5. The summed E-state index contributed by atoms with van der Waals surface area (Å²) in [7, 11) is 0. The lowest BCUT2D eigenvalue weighted by Gasteiger charge is -2.28. The van der Waals surface area contributed by atoms with Gasteiger partial charge in [-0.3, -0.25) is 4.79 Å². The van der Waals surface area contributed by atoms with E-state index in [2.05, 4.69) is 5.32 Å². The fourth-order valence-electron chi connectivity index (χ4n) is 2.28. The molecule has 2 unspecified atom stereocenters. The standard InChI is InChI=1S/C14H20N2O3/c15-10-4-3-5-11(8-10)19-9-14(18)16-12-6-1-2-7-13(12)17/h3-5,8,12-13,17H,1-2,6-7,9,15H2,(H,16,18). The number of benzene rings is 1. The monoisotopic (exact) mass is 264 g/mol. The van der Waals surface area contributed by atoms with Crippen molar-refractivity contribution < 1.29 is 14.6 Å². The quantitative estimate of drug-likeness (QED) is 0.710. The van der Waals surface area contributed by atoms with Crippen LogP contribution in [0.3, 0.4) is 0 Å². The number of carbonyl (C=O) groups is 1. The molecular weight excluding hydrogens is 244 g/mol. The van der Waals surface area contributed by atoms with E-state index in [9.17, 15) is 9.90 Å². The number of nitrogens with two attached hydrogens (primary N) is 1. The zero-order valence-electron chi connectivity index (χ0n) is 10.8. The van der Waals surface area contributed by atoms with Gasteiger partial charge in [-0.1, -0.05) is 18.9 Å². The van der Waals surface area contributed by atoms with Crippen molar-refractivity contribution in [1.82, 2.24) is 5.32 Å². The normalized spacial score (nSPS) is 22.8. The summed E-state index contributed by atoms with van der Waals surface area (Å²) in [5.41, 5.74) is 6.22. The highest BCUT2D eigenvalue weighted by Crippen LogP contribution is 2.18. The maximum Gasteiger partial charge on any atom is 0.258 e. The van der Waals surface area contributed by atoms with Gasteiger partial charge in [0.15, 0.2) is 6.61 Å². The highest BCUT2D eigenvalue weighted by molar-refractivity contribution is 5.78. The minimum atomic E-state index is -0.440. The molecule has 1 saturated carbocycles. The summed E-state index contributed by atoms with van der Waals surface area (Å²) in [6.07, 6.45) is 3.20. The van der Waals surface area contributed by atoms with Gasteiger partial charge in [-0.05, 0) is 25.0 Å². The van der Waals surface area contributed by atoms with E-state index in [0.717, 1.165) is 25.7 Å². The molecule has 1 fully saturated rings. The van der Waals surface area contributed by atoms with Crippen molar-refractivity contribution in [3.05, 3.63) is 24.3 Å². The molecule has 0 radical (unpaired) electrons. The number of carbonyl (C=O) groups excluding carboxylic acids is 1. The van der Waals surface area contributed by atoms with E-state index in [4.69, 9.17) is 10.5 Å². The maximum absolute atomic E-state index is 11.7. The summed E-state index contributed by atoms with van der Waals surface area (Å²) in [6, 6.07) is 6.80. The molecule has 0 bridgehead atoms. The lowest BCUT2D eigenvalue weighted by molar-refractivity contribution is -0.125. The molecule has 1 aliphatic carbocycles. The molecule has 0 saturated heterocycles. The van der Waals surface area contributed by atoms with Gasteiger partial charge in [-0.25, -0.2) is 0 Å². The number of aliphatic hydroxyl groups excluding tert-OH is 1. The molecule has 2 rings (SSSR count). The van der Waals surface area contributed by atoms with E-state index in [0.29, 0.717) is 11.4 Å². The largest absolute Gasteiger partial charge is 0.484 e. The van der Waals surface area contributed by atoms with Crippen molar-refractivity contribution in [2.75, 3.05) is 12.3 Å². The Bertz CT molecular complexity index is 436. The topological polar surface area (TPSA) is 84.6 Å². The van der Waals surface area contributed by atoms with Crippen molar-refractivity contribution in [2.24, 2.45) is 0 Å². The van der Waals surface area contributed by atoms with E-state index in [-0.39, 0.29) is 18.6 Å². The fraction of sp³-hybridized carbons (Fsp3) is 0.500. The highest BCUT2D eigenvalue weighted by Gasteiger charge is 2.24.